The van der Waals surface area contributed by atoms with Crippen molar-refractivity contribution in [3.8, 4) is 0 Å². The van der Waals surface area contributed by atoms with Crippen molar-refractivity contribution in [3.63, 3.8) is 0 Å². The van der Waals surface area contributed by atoms with Crippen molar-refractivity contribution in [3.05, 3.63) is 34.2 Å². The van der Waals surface area contributed by atoms with Crippen LogP contribution in [0, 0.1) is 10.1 Å². The minimum atomic E-state index is -3.90. The van der Waals surface area contributed by atoms with E-state index in [1.807, 2.05) is 0 Å². The number of nitrogens with zero attached hydrogens (tertiary/aromatic N) is 2. The third-order valence-corrected chi connectivity index (χ3v) is 5.14. The molecule has 108 valence electrons. The Bertz CT molecular complexity index is 708. The molecule has 0 atom stereocenters. The summed E-state index contributed by atoms with van der Waals surface area (Å²) in [6, 6.07) is 2.43. The van der Waals surface area contributed by atoms with E-state index in [1.165, 1.54) is 12.3 Å². The van der Waals surface area contributed by atoms with Crippen molar-refractivity contribution in [2.45, 2.75) is 10.8 Å². The number of anilines is 1. The molecule has 2 aromatic heterocycles. The van der Waals surface area contributed by atoms with Crippen molar-refractivity contribution in [2.24, 2.45) is 5.84 Å². The SMILES string of the molecule is NNc1sc(S(=O)(=O)NCc2ccno2)cc1[N+](=O)[O-]. The quantitative estimate of drug-likeness (QED) is 0.393. The fraction of sp³-hybridized carbons (Fsp3) is 0.125. The van der Waals surface area contributed by atoms with Crippen LogP contribution in [-0.2, 0) is 16.6 Å². The minimum absolute atomic E-state index is 0.0463. The Morgan fingerprint density at radius 2 is 2.30 bits per heavy atom. The van der Waals surface area contributed by atoms with Crippen LogP contribution in [0.3, 0.4) is 0 Å². The van der Waals surface area contributed by atoms with Crippen molar-refractivity contribution >= 4 is 32.0 Å². The molecule has 0 aliphatic carbocycles. The monoisotopic (exact) mass is 319 g/mol. The minimum Gasteiger partial charge on any atom is -0.360 e. The number of nitrogens with two attached hydrogens (primary N) is 1. The predicted octanol–water partition coefficient (Wildman–Crippen LogP) is 0.408. The molecule has 2 rings (SSSR count). The van der Waals surface area contributed by atoms with E-state index < -0.39 is 20.6 Å². The first-order chi connectivity index (χ1) is 9.44. The number of nitro groups is 1. The maximum Gasteiger partial charge on any atom is 0.306 e. The number of hydrazine groups is 1. The highest BCUT2D eigenvalue weighted by atomic mass is 32.2. The Hall–Kier alpha value is -2.02. The normalized spacial score (nSPS) is 11.4. The lowest BCUT2D eigenvalue weighted by atomic mass is 10.5. The summed E-state index contributed by atoms with van der Waals surface area (Å²) >= 11 is 0.657. The van der Waals surface area contributed by atoms with E-state index in [4.69, 9.17) is 10.4 Å². The Morgan fingerprint density at radius 1 is 1.55 bits per heavy atom. The molecule has 0 fully saturated rings. The van der Waals surface area contributed by atoms with E-state index in [0.717, 1.165) is 6.07 Å². The van der Waals surface area contributed by atoms with Gasteiger partial charge in [-0.15, -0.1) is 0 Å². The van der Waals surface area contributed by atoms with Gasteiger partial charge in [0.25, 0.3) is 10.0 Å². The highest BCUT2D eigenvalue weighted by Gasteiger charge is 2.25. The molecule has 0 amide bonds. The molecule has 0 spiro atoms. The first-order valence-corrected chi connectivity index (χ1v) is 7.38. The van der Waals surface area contributed by atoms with Crippen LogP contribution in [0.1, 0.15) is 5.76 Å². The molecule has 0 aromatic carbocycles. The van der Waals surface area contributed by atoms with Crippen LogP contribution in [0.4, 0.5) is 10.7 Å². The van der Waals surface area contributed by atoms with Gasteiger partial charge in [-0.05, 0) is 0 Å². The van der Waals surface area contributed by atoms with Crippen LogP contribution in [0.15, 0.2) is 27.1 Å². The summed E-state index contributed by atoms with van der Waals surface area (Å²) in [4.78, 5) is 10.0. The lowest BCUT2D eigenvalue weighted by Crippen LogP contribution is -2.22. The number of aromatic nitrogens is 1. The van der Waals surface area contributed by atoms with Crippen LogP contribution in [0.5, 0.6) is 0 Å². The summed E-state index contributed by atoms with van der Waals surface area (Å²) in [7, 11) is -3.90. The zero-order chi connectivity index (χ0) is 14.8. The number of nitrogens with one attached hydrogen (secondary N) is 2. The van der Waals surface area contributed by atoms with Gasteiger partial charge in [0, 0.05) is 12.1 Å². The summed E-state index contributed by atoms with van der Waals surface area (Å²) in [6.07, 6.45) is 1.37. The summed E-state index contributed by atoms with van der Waals surface area (Å²) in [5.41, 5.74) is 1.69. The standard InChI is InChI=1S/C8H9N5O5S2/c9-12-8-6(13(14)15)3-7(19-8)20(16,17)11-4-5-1-2-10-18-5/h1-3,11-12H,4,9H2. The predicted molar refractivity (Wildman–Crippen MR) is 69.3 cm³/mol. The second-order valence-corrected chi connectivity index (χ2v) is 6.53. The summed E-state index contributed by atoms with van der Waals surface area (Å²) in [5.74, 6) is 5.43. The van der Waals surface area contributed by atoms with Crippen LogP contribution in [0.2, 0.25) is 0 Å². The molecule has 0 radical (unpaired) electrons. The van der Waals surface area contributed by atoms with Crippen molar-refractivity contribution in [1.82, 2.24) is 9.88 Å². The molecule has 0 saturated carbocycles. The van der Waals surface area contributed by atoms with E-state index in [0.29, 0.717) is 17.1 Å². The molecule has 20 heavy (non-hydrogen) atoms. The van der Waals surface area contributed by atoms with Gasteiger partial charge < -0.3 is 9.95 Å². The molecular weight excluding hydrogens is 310 g/mol. The fourth-order valence-electron chi connectivity index (χ4n) is 1.30. The first kappa shape index (κ1) is 14.4. The molecule has 0 aliphatic heterocycles. The van der Waals surface area contributed by atoms with Gasteiger partial charge in [0.05, 0.1) is 17.7 Å². The average molecular weight is 319 g/mol. The molecule has 4 N–H and O–H groups in total. The van der Waals surface area contributed by atoms with Gasteiger partial charge in [-0.3, -0.25) is 10.1 Å². The van der Waals surface area contributed by atoms with Gasteiger partial charge in [0.15, 0.2) is 10.8 Å². The molecule has 10 nitrogen and oxygen atoms in total. The lowest BCUT2D eigenvalue weighted by molar-refractivity contribution is -0.383. The molecule has 2 heterocycles. The maximum atomic E-state index is 12.0. The van der Waals surface area contributed by atoms with Gasteiger partial charge >= 0.3 is 5.69 Å². The summed E-state index contributed by atoms with van der Waals surface area (Å²) in [5, 5.41) is 14.1. The third kappa shape index (κ3) is 2.93. The molecule has 0 saturated heterocycles. The molecular formula is C8H9N5O5S2. The van der Waals surface area contributed by atoms with Crippen LogP contribution >= 0.6 is 11.3 Å². The molecule has 0 aliphatic rings. The van der Waals surface area contributed by atoms with Crippen LogP contribution < -0.4 is 16.0 Å². The molecule has 12 heteroatoms. The Labute approximate surface area is 116 Å². The molecule has 2 aromatic rings. The van der Waals surface area contributed by atoms with Crippen molar-refractivity contribution in [1.29, 1.82) is 0 Å². The van der Waals surface area contributed by atoms with Crippen molar-refractivity contribution in [2.75, 3.05) is 5.43 Å². The Morgan fingerprint density at radius 3 is 2.80 bits per heavy atom. The number of hydrogen-bond donors (Lipinski definition) is 3. The van der Waals surface area contributed by atoms with Crippen LogP contribution in [0.25, 0.3) is 0 Å². The first-order valence-electron chi connectivity index (χ1n) is 5.08. The third-order valence-electron chi connectivity index (χ3n) is 2.21. The van der Waals surface area contributed by atoms with E-state index in [2.05, 4.69) is 15.3 Å². The van der Waals surface area contributed by atoms with E-state index in [-0.39, 0.29) is 15.8 Å². The number of hydrogen-bond acceptors (Lipinski definition) is 9. The topological polar surface area (TPSA) is 153 Å². The highest BCUT2D eigenvalue weighted by Crippen LogP contribution is 2.36. The number of rotatable bonds is 6. The molecule has 0 bridgehead atoms. The zero-order valence-corrected chi connectivity index (χ0v) is 11.4. The van der Waals surface area contributed by atoms with Gasteiger partial charge in [-0.1, -0.05) is 16.5 Å². The average Bonchev–Trinajstić information content (AvgIpc) is 3.05. The van der Waals surface area contributed by atoms with E-state index in [1.54, 1.807) is 0 Å². The maximum absolute atomic E-state index is 12.0. The second-order valence-electron chi connectivity index (χ2n) is 3.48. The lowest BCUT2D eigenvalue weighted by Gasteiger charge is -2.01. The number of sulfonamides is 1. The van der Waals surface area contributed by atoms with E-state index in [9.17, 15) is 18.5 Å². The van der Waals surface area contributed by atoms with E-state index >= 15 is 0 Å². The summed E-state index contributed by atoms with van der Waals surface area (Å²) in [6.45, 7) is -0.112. The van der Waals surface area contributed by atoms with Gasteiger partial charge in [0.1, 0.15) is 4.21 Å². The second kappa shape index (κ2) is 5.54. The number of thiophene rings is 1. The highest BCUT2D eigenvalue weighted by molar-refractivity contribution is 7.91. The largest absolute Gasteiger partial charge is 0.360 e. The van der Waals surface area contributed by atoms with Crippen molar-refractivity contribution < 1.29 is 17.9 Å². The summed E-state index contributed by atoms with van der Waals surface area (Å²) < 4.78 is 30.7. The molecule has 0 unspecified atom stereocenters. The Balaban J connectivity index is 2.23. The Kier molecular flexibility index (Phi) is 3.99. The van der Waals surface area contributed by atoms with Gasteiger partial charge in [-0.2, -0.15) is 0 Å². The zero-order valence-electron chi connectivity index (χ0n) is 9.77. The fourth-order valence-corrected chi connectivity index (χ4v) is 3.58. The van der Waals surface area contributed by atoms with Gasteiger partial charge in [0.2, 0.25) is 0 Å². The van der Waals surface area contributed by atoms with Crippen LogP contribution in [-0.4, -0.2) is 18.5 Å². The smallest absolute Gasteiger partial charge is 0.306 e. The number of nitrogen functional groups attached to an aromatic ring is 1. The van der Waals surface area contributed by atoms with Gasteiger partial charge in [-0.25, -0.2) is 19.0 Å².